The van der Waals surface area contributed by atoms with E-state index in [0.717, 1.165) is 42.0 Å². The van der Waals surface area contributed by atoms with Gasteiger partial charge in [0.2, 0.25) is 0 Å². The summed E-state index contributed by atoms with van der Waals surface area (Å²) in [5, 5.41) is -0.290. The number of carbonyl (C=O) groups excluding carboxylic acids is 1. The van der Waals surface area contributed by atoms with Crippen LogP contribution >= 0.6 is 11.6 Å². The highest BCUT2D eigenvalue weighted by Gasteiger charge is 2.47. The average Bonchev–Trinajstić information content (AvgIpc) is 3.02. The first-order valence-electron chi connectivity index (χ1n) is 15.1. The van der Waals surface area contributed by atoms with Gasteiger partial charge in [-0.05, 0) is 66.6 Å². The molecule has 4 aromatic rings. The number of methoxy groups -OCH3 is 1. The van der Waals surface area contributed by atoms with Gasteiger partial charge < -0.3 is 9.47 Å². The Kier molecular flexibility index (Phi) is 9.90. The maximum atomic E-state index is 13.8. The van der Waals surface area contributed by atoms with Crippen molar-refractivity contribution >= 4 is 17.6 Å². The summed E-state index contributed by atoms with van der Waals surface area (Å²) in [4.78, 5) is 14.8. The lowest BCUT2D eigenvalue weighted by Crippen LogP contribution is -2.45. The fourth-order valence-electron chi connectivity index (χ4n) is 6.31. The van der Waals surface area contributed by atoms with Gasteiger partial charge in [-0.25, -0.2) is 0 Å². The average molecular weight is 636 g/mol. The molecule has 236 valence electrons. The molecule has 1 saturated carbocycles. The van der Waals surface area contributed by atoms with Crippen LogP contribution in [-0.2, 0) is 33.2 Å². The molecule has 0 spiro atoms. The fraction of sp³-hybridized carbons (Fsp3) is 0.324. The molecule has 1 fully saturated rings. The maximum absolute atomic E-state index is 13.8. The second-order valence-electron chi connectivity index (χ2n) is 11.7. The smallest absolute Gasteiger partial charge is 0.417 e. The van der Waals surface area contributed by atoms with E-state index in [9.17, 15) is 18.0 Å². The number of ether oxygens (including phenoxy) is 2. The van der Waals surface area contributed by atoms with Gasteiger partial charge in [-0.3, -0.25) is 9.69 Å². The Morgan fingerprint density at radius 1 is 0.889 bits per heavy atom. The van der Waals surface area contributed by atoms with Crippen molar-refractivity contribution in [3.05, 3.63) is 136 Å². The lowest BCUT2D eigenvalue weighted by molar-refractivity contribution is -0.151. The highest BCUT2D eigenvalue weighted by atomic mass is 35.5. The van der Waals surface area contributed by atoms with E-state index in [0.29, 0.717) is 30.9 Å². The molecule has 0 heterocycles. The van der Waals surface area contributed by atoms with Crippen LogP contribution in [0.5, 0.6) is 5.75 Å². The lowest BCUT2D eigenvalue weighted by Gasteiger charge is -2.43. The molecule has 1 aliphatic carbocycles. The summed E-state index contributed by atoms with van der Waals surface area (Å²) < 4.78 is 52.7. The van der Waals surface area contributed by atoms with E-state index in [2.05, 4.69) is 11.8 Å². The summed E-state index contributed by atoms with van der Waals surface area (Å²) in [6.45, 7) is 3.13. The Balaban J connectivity index is 1.42. The molecular formula is C37H37ClF3NO3. The zero-order valence-electron chi connectivity index (χ0n) is 25.4. The van der Waals surface area contributed by atoms with Crippen LogP contribution in [0.25, 0.3) is 0 Å². The van der Waals surface area contributed by atoms with E-state index in [1.807, 2.05) is 84.9 Å². The van der Waals surface area contributed by atoms with Crippen LogP contribution in [-0.4, -0.2) is 31.1 Å². The maximum Gasteiger partial charge on any atom is 0.417 e. The Bertz CT molecular complexity index is 1550. The van der Waals surface area contributed by atoms with Gasteiger partial charge in [0.25, 0.3) is 0 Å². The van der Waals surface area contributed by atoms with Crippen LogP contribution in [0.15, 0.2) is 103 Å². The molecule has 0 radical (unpaired) electrons. The molecule has 8 heteroatoms. The number of hydrogen-bond donors (Lipinski definition) is 0. The van der Waals surface area contributed by atoms with Crippen molar-refractivity contribution in [3.8, 4) is 5.75 Å². The number of alkyl halides is 3. The standard InChI is InChI=1S/C37H37ClF3NO3/c1-35(28-14-5-3-6-15-28,29-16-7-4-8-17-29)42(26-27-13-9-20-32(33(27)38)37(39,40)41)23-12-24-45-31-19-10-18-30(25-31)36(21-11-22-36)34(43)44-2/h3-10,13-20,25H,11-12,21-24,26H2,1-2H3. The molecule has 0 amide bonds. The predicted molar refractivity (Wildman–Crippen MR) is 170 cm³/mol. The first-order valence-corrected chi connectivity index (χ1v) is 15.5. The number of rotatable bonds is 12. The number of benzene rings is 4. The number of nitrogens with zero attached hydrogens (tertiary/aromatic N) is 1. The van der Waals surface area contributed by atoms with Gasteiger partial charge in [0, 0.05) is 13.1 Å². The quantitative estimate of drug-likeness (QED) is 0.115. The van der Waals surface area contributed by atoms with Gasteiger partial charge >= 0.3 is 12.1 Å². The van der Waals surface area contributed by atoms with E-state index in [1.165, 1.54) is 13.2 Å². The number of carbonyl (C=O) groups is 1. The Morgan fingerprint density at radius 3 is 2.07 bits per heavy atom. The SMILES string of the molecule is COC(=O)C1(c2cccc(OCCCN(Cc3cccc(C(F)(F)F)c3Cl)C(C)(c3ccccc3)c3ccccc3)c2)CCC1. The van der Waals surface area contributed by atoms with Crippen molar-refractivity contribution in [2.45, 2.75) is 56.3 Å². The monoisotopic (exact) mass is 635 g/mol. The van der Waals surface area contributed by atoms with Gasteiger partial charge in [-0.2, -0.15) is 13.2 Å². The van der Waals surface area contributed by atoms with Gasteiger partial charge in [0.1, 0.15) is 5.75 Å². The molecule has 1 aliphatic rings. The van der Waals surface area contributed by atoms with Gasteiger partial charge in [0.15, 0.2) is 0 Å². The molecule has 45 heavy (non-hydrogen) atoms. The first-order chi connectivity index (χ1) is 21.6. The molecule has 0 bridgehead atoms. The predicted octanol–water partition coefficient (Wildman–Crippen LogP) is 9.19. The number of hydrogen-bond acceptors (Lipinski definition) is 4. The summed E-state index contributed by atoms with van der Waals surface area (Å²) >= 11 is 6.42. The van der Waals surface area contributed by atoms with Gasteiger partial charge in [-0.15, -0.1) is 0 Å². The Labute approximate surface area is 267 Å². The van der Waals surface area contributed by atoms with Crippen LogP contribution in [0.1, 0.15) is 60.4 Å². The van der Waals surface area contributed by atoms with Gasteiger partial charge in [0.05, 0.1) is 35.3 Å². The molecular weight excluding hydrogens is 599 g/mol. The normalized spacial score (nSPS) is 14.6. The third-order valence-electron chi connectivity index (χ3n) is 9.06. The zero-order chi connectivity index (χ0) is 32.1. The molecule has 0 saturated heterocycles. The van der Waals surface area contributed by atoms with Crippen LogP contribution in [0.2, 0.25) is 5.02 Å². The van der Waals surface area contributed by atoms with E-state index in [-0.39, 0.29) is 17.5 Å². The van der Waals surface area contributed by atoms with Crippen molar-refractivity contribution < 1.29 is 27.4 Å². The van der Waals surface area contributed by atoms with E-state index in [1.54, 1.807) is 6.07 Å². The van der Waals surface area contributed by atoms with E-state index in [4.69, 9.17) is 21.1 Å². The molecule has 0 aromatic heterocycles. The zero-order valence-corrected chi connectivity index (χ0v) is 26.2. The summed E-state index contributed by atoms with van der Waals surface area (Å²) in [6.07, 6.45) is -1.53. The lowest BCUT2D eigenvalue weighted by atomic mass is 9.64. The second-order valence-corrected chi connectivity index (χ2v) is 12.0. The van der Waals surface area contributed by atoms with Crippen molar-refractivity contribution in [1.82, 2.24) is 4.90 Å². The number of halogens is 4. The minimum Gasteiger partial charge on any atom is -0.494 e. The summed E-state index contributed by atoms with van der Waals surface area (Å²) in [5.41, 5.74) is 1.12. The highest BCUT2D eigenvalue weighted by Crippen LogP contribution is 2.45. The topological polar surface area (TPSA) is 38.8 Å². The molecule has 4 aromatic carbocycles. The largest absolute Gasteiger partial charge is 0.494 e. The van der Waals surface area contributed by atoms with Gasteiger partial charge in [-0.1, -0.05) is 103 Å². The molecule has 4 nitrogen and oxygen atoms in total. The minimum atomic E-state index is -4.56. The molecule has 5 rings (SSSR count). The van der Waals surface area contributed by atoms with Crippen molar-refractivity contribution in [3.63, 3.8) is 0 Å². The molecule has 0 atom stereocenters. The van der Waals surface area contributed by atoms with Crippen molar-refractivity contribution in [2.24, 2.45) is 0 Å². The number of esters is 1. The fourth-order valence-corrected chi connectivity index (χ4v) is 6.60. The highest BCUT2D eigenvalue weighted by molar-refractivity contribution is 6.32. The third kappa shape index (κ3) is 6.75. The minimum absolute atomic E-state index is 0.181. The summed E-state index contributed by atoms with van der Waals surface area (Å²) in [5.74, 6) is 0.430. The van der Waals surface area contributed by atoms with E-state index < -0.39 is 22.7 Å². The van der Waals surface area contributed by atoms with Crippen LogP contribution in [0, 0.1) is 0 Å². The Hall–Kier alpha value is -3.81. The summed E-state index contributed by atoms with van der Waals surface area (Å²) in [6, 6.07) is 31.6. The molecule has 0 unspecified atom stereocenters. The molecule has 0 aliphatic heterocycles. The van der Waals surface area contributed by atoms with Crippen LogP contribution < -0.4 is 4.74 Å². The van der Waals surface area contributed by atoms with Crippen LogP contribution in [0.4, 0.5) is 13.2 Å². The third-order valence-corrected chi connectivity index (χ3v) is 9.51. The van der Waals surface area contributed by atoms with Crippen LogP contribution in [0.3, 0.4) is 0 Å². The Morgan fingerprint density at radius 2 is 1.51 bits per heavy atom. The summed E-state index contributed by atoms with van der Waals surface area (Å²) in [7, 11) is 1.42. The first kappa shape index (κ1) is 32.6. The van der Waals surface area contributed by atoms with E-state index >= 15 is 0 Å². The molecule has 0 N–H and O–H groups in total. The second kappa shape index (κ2) is 13.7. The van der Waals surface area contributed by atoms with Crippen molar-refractivity contribution in [2.75, 3.05) is 20.3 Å². The van der Waals surface area contributed by atoms with Crippen molar-refractivity contribution in [1.29, 1.82) is 0 Å².